The van der Waals surface area contributed by atoms with E-state index >= 15 is 0 Å². The van der Waals surface area contributed by atoms with Gasteiger partial charge < -0.3 is 0 Å². The van der Waals surface area contributed by atoms with Gasteiger partial charge in [0.2, 0.25) is 0 Å². The van der Waals surface area contributed by atoms with Crippen molar-refractivity contribution in [1.29, 1.82) is 0 Å². The lowest BCUT2D eigenvalue weighted by atomic mass is 9.85. The highest BCUT2D eigenvalue weighted by atomic mass is 28.3. The summed E-state index contributed by atoms with van der Waals surface area (Å²) < 4.78 is 0. The Labute approximate surface area is 161 Å². The number of hydrogen-bond donors (Lipinski definition) is 0. The summed E-state index contributed by atoms with van der Waals surface area (Å²) in [6, 6.07) is 22.6. The Morgan fingerprint density at radius 3 is 1.69 bits per heavy atom. The molecule has 0 fully saturated rings. The normalized spacial score (nSPS) is 21.7. The average Bonchev–Trinajstić information content (AvgIpc) is 2.84. The molecular weight excluding hydrogens is 328 g/mol. The van der Waals surface area contributed by atoms with Crippen LogP contribution in [-0.2, 0) is 0 Å². The van der Waals surface area contributed by atoms with Crippen LogP contribution in [0.3, 0.4) is 0 Å². The zero-order chi connectivity index (χ0) is 18.9. The minimum atomic E-state index is -1.50. The fraction of sp³-hybridized carbons (Fsp3) is 0.360. The van der Waals surface area contributed by atoms with E-state index in [9.17, 15) is 0 Å². The first-order valence-corrected chi connectivity index (χ1v) is 11.7. The average molecular weight is 361 g/mol. The molecule has 0 N–H and O–H groups in total. The molecule has 1 heteroatoms. The molecule has 0 saturated heterocycles. The summed E-state index contributed by atoms with van der Waals surface area (Å²) in [6.45, 7) is 14.4. The van der Waals surface area contributed by atoms with Crippen LogP contribution in [0.5, 0.6) is 0 Å². The number of benzene rings is 2. The van der Waals surface area contributed by atoms with Gasteiger partial charge >= 0.3 is 0 Å². The van der Waals surface area contributed by atoms with Crippen LogP contribution in [0.2, 0.25) is 5.04 Å². The Morgan fingerprint density at radius 1 is 0.808 bits per heavy atom. The van der Waals surface area contributed by atoms with Gasteiger partial charge in [0, 0.05) is 5.04 Å². The van der Waals surface area contributed by atoms with E-state index in [0.717, 1.165) is 0 Å². The molecule has 0 aromatic heterocycles. The Bertz CT molecular complexity index is 789. The lowest BCUT2D eigenvalue weighted by Crippen LogP contribution is -2.52. The molecular formula is C25H32Si. The van der Waals surface area contributed by atoms with Gasteiger partial charge in [0.25, 0.3) is 0 Å². The van der Waals surface area contributed by atoms with E-state index in [4.69, 9.17) is 0 Å². The molecule has 2 aromatic rings. The Hall–Kier alpha value is -1.86. The van der Waals surface area contributed by atoms with E-state index in [2.05, 4.69) is 102 Å². The predicted octanol–water partition coefficient (Wildman–Crippen LogP) is 5.50. The van der Waals surface area contributed by atoms with Gasteiger partial charge in [-0.3, -0.25) is 0 Å². The lowest BCUT2D eigenvalue weighted by Gasteiger charge is -2.41. The van der Waals surface area contributed by atoms with E-state index in [1.54, 1.807) is 27.1 Å². The third-order valence-electron chi connectivity index (χ3n) is 6.82. The first-order valence-electron chi connectivity index (χ1n) is 9.92. The SMILES string of the molecule is CCC(C)C1=C(C)C(C)=C(C)C1(C)[SiH](c1ccccc1)c1ccccc1. The van der Waals surface area contributed by atoms with Crippen molar-refractivity contribution in [3.05, 3.63) is 83.0 Å². The van der Waals surface area contributed by atoms with Gasteiger partial charge in [0.05, 0.1) is 0 Å². The Balaban J connectivity index is 2.29. The van der Waals surface area contributed by atoms with Crippen LogP contribution in [0.15, 0.2) is 83.0 Å². The summed E-state index contributed by atoms with van der Waals surface area (Å²) in [5.74, 6) is 0.620. The Morgan fingerprint density at radius 2 is 1.27 bits per heavy atom. The van der Waals surface area contributed by atoms with Gasteiger partial charge in [-0.1, -0.05) is 103 Å². The third kappa shape index (κ3) is 2.93. The zero-order valence-corrected chi connectivity index (χ0v) is 18.3. The summed E-state index contributed by atoms with van der Waals surface area (Å²) in [4.78, 5) is 0. The number of hydrogen-bond acceptors (Lipinski definition) is 0. The fourth-order valence-corrected chi connectivity index (χ4v) is 9.47. The maximum atomic E-state index is 2.54. The first kappa shape index (κ1) is 18.9. The molecule has 26 heavy (non-hydrogen) atoms. The first-order chi connectivity index (χ1) is 12.4. The van der Waals surface area contributed by atoms with Crippen molar-refractivity contribution < 1.29 is 0 Å². The molecule has 0 saturated carbocycles. The molecule has 3 rings (SSSR count). The molecule has 136 valence electrons. The molecule has 0 bridgehead atoms. The van der Waals surface area contributed by atoms with Crippen LogP contribution in [-0.4, -0.2) is 8.80 Å². The molecule has 0 radical (unpaired) electrons. The molecule has 2 unspecified atom stereocenters. The van der Waals surface area contributed by atoms with Crippen molar-refractivity contribution in [2.24, 2.45) is 5.92 Å². The standard InChI is InChI=1S/C25H32Si/c1-7-18(2)24-20(4)19(3)21(5)25(24,6)26(22-14-10-8-11-15-22)23-16-12-9-13-17-23/h8-18,26H,7H2,1-6H3. The van der Waals surface area contributed by atoms with Crippen molar-refractivity contribution in [2.75, 3.05) is 0 Å². The molecule has 0 nitrogen and oxygen atoms in total. The lowest BCUT2D eigenvalue weighted by molar-refractivity contribution is 0.590. The molecule has 2 atom stereocenters. The number of allylic oxidation sites excluding steroid dienone is 4. The summed E-state index contributed by atoms with van der Waals surface area (Å²) in [6.07, 6.45) is 1.20. The van der Waals surface area contributed by atoms with E-state index in [0.29, 0.717) is 5.92 Å². The molecule has 1 aliphatic carbocycles. The maximum Gasteiger partial charge on any atom is 0.116 e. The smallest absolute Gasteiger partial charge is 0.0648 e. The van der Waals surface area contributed by atoms with Gasteiger partial charge in [-0.15, -0.1) is 0 Å². The predicted molar refractivity (Wildman–Crippen MR) is 118 cm³/mol. The molecule has 2 aromatic carbocycles. The third-order valence-corrected chi connectivity index (χ3v) is 10.8. The topological polar surface area (TPSA) is 0 Å². The summed E-state index contributed by atoms with van der Waals surface area (Å²) in [5, 5.41) is 3.25. The molecule has 1 aliphatic rings. The summed E-state index contributed by atoms with van der Waals surface area (Å²) >= 11 is 0. The maximum absolute atomic E-state index is 2.54. The van der Waals surface area contributed by atoms with E-state index < -0.39 is 8.80 Å². The van der Waals surface area contributed by atoms with E-state index in [-0.39, 0.29) is 5.04 Å². The van der Waals surface area contributed by atoms with E-state index in [1.165, 1.54) is 12.0 Å². The molecule has 0 spiro atoms. The van der Waals surface area contributed by atoms with Gasteiger partial charge in [-0.25, -0.2) is 0 Å². The highest BCUT2D eigenvalue weighted by molar-refractivity contribution is 6.88. The second kappa shape index (κ2) is 7.40. The van der Waals surface area contributed by atoms with Crippen LogP contribution in [0.25, 0.3) is 0 Å². The van der Waals surface area contributed by atoms with Crippen LogP contribution in [0.1, 0.15) is 48.0 Å². The molecule has 0 heterocycles. The van der Waals surface area contributed by atoms with Crippen molar-refractivity contribution in [2.45, 2.75) is 53.0 Å². The highest BCUT2D eigenvalue weighted by Crippen LogP contribution is 2.57. The monoisotopic (exact) mass is 360 g/mol. The summed E-state index contributed by atoms with van der Waals surface area (Å²) in [5.41, 5.74) is 6.35. The van der Waals surface area contributed by atoms with Gasteiger partial charge in [-0.05, 0) is 44.3 Å². The summed E-state index contributed by atoms with van der Waals surface area (Å²) in [7, 11) is -1.50. The van der Waals surface area contributed by atoms with Crippen LogP contribution >= 0.6 is 0 Å². The zero-order valence-electron chi connectivity index (χ0n) is 17.1. The fourth-order valence-electron chi connectivity index (χ4n) is 5.07. The van der Waals surface area contributed by atoms with Crippen molar-refractivity contribution in [3.8, 4) is 0 Å². The number of rotatable bonds is 5. The van der Waals surface area contributed by atoms with Gasteiger partial charge in [0.1, 0.15) is 8.80 Å². The largest absolute Gasteiger partial charge is 0.116 e. The van der Waals surface area contributed by atoms with Crippen LogP contribution in [0.4, 0.5) is 0 Å². The highest BCUT2D eigenvalue weighted by Gasteiger charge is 2.47. The van der Waals surface area contributed by atoms with Crippen LogP contribution in [0, 0.1) is 5.92 Å². The van der Waals surface area contributed by atoms with Gasteiger partial charge in [-0.2, -0.15) is 0 Å². The second-order valence-electron chi connectivity index (χ2n) is 8.05. The quantitative estimate of drug-likeness (QED) is 0.618. The Kier molecular flexibility index (Phi) is 5.38. The second-order valence-corrected chi connectivity index (χ2v) is 11.4. The molecule has 0 amide bonds. The molecule has 0 aliphatic heterocycles. The van der Waals surface area contributed by atoms with Crippen molar-refractivity contribution in [3.63, 3.8) is 0 Å². The minimum Gasteiger partial charge on any atom is -0.0648 e. The van der Waals surface area contributed by atoms with Crippen molar-refractivity contribution >= 4 is 19.2 Å². The van der Waals surface area contributed by atoms with E-state index in [1.807, 2.05) is 0 Å². The minimum absolute atomic E-state index is 0.159. The van der Waals surface area contributed by atoms with Crippen LogP contribution < -0.4 is 10.4 Å². The van der Waals surface area contributed by atoms with Crippen molar-refractivity contribution in [1.82, 2.24) is 0 Å². The van der Waals surface area contributed by atoms with Gasteiger partial charge in [0.15, 0.2) is 0 Å².